The molecule has 10 heavy (non-hydrogen) atoms. The maximum atomic E-state index is 11.1. The molecule has 3 nitrogen and oxygen atoms in total. The smallest absolute Gasteiger partial charge is 0.263 e. The summed E-state index contributed by atoms with van der Waals surface area (Å²) in [6, 6.07) is 0. The van der Waals surface area contributed by atoms with Gasteiger partial charge in [-0.3, -0.25) is 5.32 Å². The summed E-state index contributed by atoms with van der Waals surface area (Å²) >= 11 is 1.61. The fraction of sp³-hybridized carbons (Fsp3) is 0.833. The number of nitrogens with one attached hydrogen (secondary N) is 1. The Morgan fingerprint density at radius 1 is 1.70 bits per heavy atom. The molecule has 1 amide bonds. The molecule has 1 rings (SSSR count). The second-order valence-corrected chi connectivity index (χ2v) is 3.54. The molecular formula is C6H13N2OS+. The van der Waals surface area contributed by atoms with Crippen molar-refractivity contribution in [3.8, 4) is 0 Å². The van der Waals surface area contributed by atoms with Crippen molar-refractivity contribution in [3.63, 3.8) is 0 Å². The summed E-state index contributed by atoms with van der Waals surface area (Å²) in [6.07, 6.45) is 1.98. The molecule has 0 saturated carbocycles. The van der Waals surface area contributed by atoms with E-state index < -0.39 is 0 Å². The molecule has 1 saturated heterocycles. The molecule has 1 atom stereocenters. The molecule has 1 unspecified atom stereocenters. The fourth-order valence-corrected chi connectivity index (χ4v) is 1.90. The molecule has 1 N–H and O–H groups in total. The van der Waals surface area contributed by atoms with Crippen molar-refractivity contribution in [2.75, 3.05) is 26.0 Å². The first-order chi connectivity index (χ1) is 4.71. The molecule has 4 heteroatoms. The van der Waals surface area contributed by atoms with Crippen LogP contribution in [0, 0.1) is 0 Å². The molecule has 0 aromatic rings. The number of carbonyl (C=O) groups excluding carboxylic acids is 1. The Morgan fingerprint density at radius 3 is 2.60 bits per heavy atom. The van der Waals surface area contributed by atoms with Gasteiger partial charge in [-0.15, -0.1) is 0 Å². The molecule has 1 heterocycles. The van der Waals surface area contributed by atoms with Crippen LogP contribution in [-0.4, -0.2) is 35.8 Å². The largest absolute Gasteiger partial charge is 0.323 e. The number of amides is 1. The van der Waals surface area contributed by atoms with Gasteiger partial charge >= 0.3 is 5.91 Å². The quantitative estimate of drug-likeness (QED) is 0.439. The van der Waals surface area contributed by atoms with E-state index in [4.69, 9.17) is 0 Å². The van der Waals surface area contributed by atoms with Gasteiger partial charge in [0.2, 0.25) is 0 Å². The Kier molecular flexibility index (Phi) is 2.33. The summed E-state index contributed by atoms with van der Waals surface area (Å²) in [5, 5.41) is 3.18. The number of carbonyl (C=O) groups is 1. The highest BCUT2D eigenvalue weighted by molar-refractivity contribution is 7.93. The molecule has 0 aromatic carbocycles. The van der Waals surface area contributed by atoms with Crippen LogP contribution in [-0.2, 0) is 4.79 Å². The predicted octanol–water partition coefficient (Wildman–Crippen LogP) is 0.188. The third kappa shape index (κ3) is 1.19. The maximum Gasteiger partial charge on any atom is 0.323 e. The molecule has 1 aliphatic rings. The molecule has 58 valence electrons. The second-order valence-electron chi connectivity index (χ2n) is 2.47. The van der Waals surface area contributed by atoms with Crippen LogP contribution >= 0.6 is 11.9 Å². The summed E-state index contributed by atoms with van der Waals surface area (Å²) in [6.45, 7) is 4.33. The van der Waals surface area contributed by atoms with Gasteiger partial charge in [0.25, 0.3) is 0 Å². The van der Waals surface area contributed by atoms with Gasteiger partial charge in [-0.2, -0.15) is 3.89 Å². The topological polar surface area (TPSA) is 29.1 Å². The second kappa shape index (κ2) is 2.90. The zero-order valence-electron chi connectivity index (χ0n) is 6.39. The standard InChI is InChI=1S/C6H13N2OS/c1-6(9)8(10-2)4-3-7-5-8/h7H,3-5H2,1-2H3/q+1. The van der Waals surface area contributed by atoms with Crippen LogP contribution in [0.15, 0.2) is 0 Å². The van der Waals surface area contributed by atoms with Crippen molar-refractivity contribution in [1.82, 2.24) is 5.32 Å². The number of hydrogen-bond donors (Lipinski definition) is 1. The van der Waals surface area contributed by atoms with Gasteiger partial charge in [-0.25, -0.2) is 4.79 Å². The zero-order valence-corrected chi connectivity index (χ0v) is 7.20. The maximum absolute atomic E-state index is 11.1. The summed E-state index contributed by atoms with van der Waals surface area (Å²) in [4.78, 5) is 11.1. The number of hydrogen-bond acceptors (Lipinski definition) is 3. The molecule has 0 aliphatic carbocycles. The summed E-state index contributed by atoms with van der Waals surface area (Å²) in [7, 11) is 0. The zero-order chi connectivity index (χ0) is 7.61. The minimum atomic E-state index is 0.248. The van der Waals surface area contributed by atoms with E-state index in [9.17, 15) is 4.79 Å². The van der Waals surface area contributed by atoms with Gasteiger partial charge in [0.1, 0.15) is 6.54 Å². The Balaban J connectivity index is 2.67. The van der Waals surface area contributed by atoms with Gasteiger partial charge in [0.05, 0.1) is 25.4 Å². The van der Waals surface area contributed by atoms with Crippen LogP contribution in [0.5, 0.6) is 0 Å². The molecular weight excluding hydrogens is 148 g/mol. The van der Waals surface area contributed by atoms with Gasteiger partial charge in [0, 0.05) is 6.26 Å². The third-order valence-corrected chi connectivity index (χ3v) is 3.21. The number of nitrogens with zero attached hydrogens (tertiary/aromatic N) is 1. The van der Waals surface area contributed by atoms with Crippen molar-refractivity contribution in [1.29, 1.82) is 0 Å². The van der Waals surface area contributed by atoms with E-state index in [2.05, 4.69) is 5.32 Å². The third-order valence-electron chi connectivity index (χ3n) is 1.94. The predicted molar refractivity (Wildman–Crippen MR) is 42.2 cm³/mol. The Morgan fingerprint density at radius 2 is 2.40 bits per heavy atom. The first-order valence-electron chi connectivity index (χ1n) is 3.36. The highest BCUT2D eigenvalue weighted by Crippen LogP contribution is 2.21. The first kappa shape index (κ1) is 8.04. The minimum Gasteiger partial charge on any atom is -0.263 e. The van der Waals surface area contributed by atoms with Crippen molar-refractivity contribution < 1.29 is 8.68 Å². The Labute approximate surface area is 65.5 Å². The van der Waals surface area contributed by atoms with Crippen LogP contribution in [0.2, 0.25) is 0 Å². The van der Waals surface area contributed by atoms with E-state index in [0.717, 1.165) is 19.8 Å². The van der Waals surface area contributed by atoms with E-state index in [1.807, 2.05) is 6.26 Å². The van der Waals surface area contributed by atoms with Gasteiger partial charge in [-0.05, 0) is 0 Å². The van der Waals surface area contributed by atoms with Crippen LogP contribution < -0.4 is 5.32 Å². The van der Waals surface area contributed by atoms with Crippen molar-refractivity contribution >= 4 is 17.9 Å². The van der Waals surface area contributed by atoms with Gasteiger partial charge < -0.3 is 0 Å². The lowest BCUT2D eigenvalue weighted by Crippen LogP contribution is -2.43. The molecule has 0 radical (unpaired) electrons. The monoisotopic (exact) mass is 161 g/mol. The fourth-order valence-electron chi connectivity index (χ4n) is 1.15. The molecule has 1 aliphatic heterocycles. The lowest BCUT2D eigenvalue weighted by molar-refractivity contribution is -0.700. The van der Waals surface area contributed by atoms with Crippen LogP contribution in [0.25, 0.3) is 0 Å². The van der Waals surface area contributed by atoms with E-state index in [-0.39, 0.29) is 5.91 Å². The van der Waals surface area contributed by atoms with Gasteiger partial charge in [-0.1, -0.05) is 0 Å². The highest BCUT2D eigenvalue weighted by atomic mass is 32.2. The van der Waals surface area contributed by atoms with E-state index in [1.54, 1.807) is 18.9 Å². The minimum absolute atomic E-state index is 0.248. The summed E-state index contributed by atoms with van der Waals surface area (Å²) in [5.41, 5.74) is 0. The lowest BCUT2D eigenvalue weighted by atomic mass is 10.5. The summed E-state index contributed by atoms with van der Waals surface area (Å²) in [5.74, 6) is 0.248. The van der Waals surface area contributed by atoms with Crippen molar-refractivity contribution in [2.45, 2.75) is 6.92 Å². The first-order valence-corrected chi connectivity index (χ1v) is 4.54. The van der Waals surface area contributed by atoms with Crippen molar-refractivity contribution in [2.24, 2.45) is 0 Å². The lowest BCUT2D eigenvalue weighted by Gasteiger charge is -2.23. The van der Waals surface area contributed by atoms with Crippen LogP contribution in [0.3, 0.4) is 0 Å². The van der Waals surface area contributed by atoms with E-state index >= 15 is 0 Å². The number of rotatable bonds is 1. The number of quaternary nitrogens is 1. The van der Waals surface area contributed by atoms with Gasteiger partial charge in [0.15, 0.2) is 6.67 Å². The Bertz CT molecular complexity index is 143. The SMILES string of the molecule is CS[N+]1(C(C)=O)CCNC1. The van der Waals surface area contributed by atoms with Crippen LogP contribution in [0.4, 0.5) is 0 Å². The average molecular weight is 161 g/mol. The molecule has 0 spiro atoms. The average Bonchev–Trinajstić information content (AvgIpc) is 2.35. The Hall–Kier alpha value is -0.0600. The normalized spacial score (nSPS) is 32.6. The molecule has 0 aromatic heterocycles. The highest BCUT2D eigenvalue weighted by Gasteiger charge is 2.36. The molecule has 0 bridgehead atoms. The molecule has 1 fully saturated rings. The van der Waals surface area contributed by atoms with E-state index in [0.29, 0.717) is 3.89 Å². The van der Waals surface area contributed by atoms with E-state index in [1.165, 1.54) is 0 Å². The van der Waals surface area contributed by atoms with Crippen LogP contribution in [0.1, 0.15) is 6.92 Å². The summed E-state index contributed by atoms with van der Waals surface area (Å²) < 4.78 is 0.542. The van der Waals surface area contributed by atoms with Crippen molar-refractivity contribution in [3.05, 3.63) is 0 Å².